The summed E-state index contributed by atoms with van der Waals surface area (Å²) >= 11 is 1.39. The van der Waals surface area contributed by atoms with Gasteiger partial charge in [0.1, 0.15) is 11.5 Å². The van der Waals surface area contributed by atoms with Gasteiger partial charge in [0.05, 0.1) is 0 Å². The van der Waals surface area contributed by atoms with Crippen LogP contribution >= 0.6 is 11.3 Å². The van der Waals surface area contributed by atoms with Crippen LogP contribution in [0.2, 0.25) is 0 Å². The van der Waals surface area contributed by atoms with Gasteiger partial charge in [-0.25, -0.2) is 4.79 Å². The lowest BCUT2D eigenvalue weighted by Crippen LogP contribution is -2.38. The van der Waals surface area contributed by atoms with Gasteiger partial charge in [-0.05, 0) is 40.8 Å². The number of rotatable bonds is 6. The molecule has 0 saturated heterocycles. The molecule has 2 aromatic rings. The molecule has 0 radical (unpaired) electrons. The van der Waals surface area contributed by atoms with E-state index >= 15 is 0 Å². The number of carbonyl (C=O) groups is 1. The molecular formula is C12H17N5O2S. The molecule has 2 rings (SSSR count). The summed E-state index contributed by atoms with van der Waals surface area (Å²) < 4.78 is 2.26. The highest BCUT2D eigenvalue weighted by Crippen LogP contribution is 2.10. The first kappa shape index (κ1) is 14.4. The van der Waals surface area contributed by atoms with Crippen LogP contribution in [0.25, 0.3) is 5.00 Å². The molecule has 0 bridgehead atoms. The van der Waals surface area contributed by atoms with E-state index in [1.165, 1.54) is 16.0 Å². The number of carbonyl (C=O) groups excluding carboxylic acids is 1. The second kappa shape index (κ2) is 6.47. The van der Waals surface area contributed by atoms with Crippen molar-refractivity contribution in [1.82, 2.24) is 25.1 Å². The van der Waals surface area contributed by atoms with Crippen LogP contribution in [0.5, 0.6) is 0 Å². The average molecular weight is 295 g/mol. The Labute approximate surface area is 120 Å². The summed E-state index contributed by atoms with van der Waals surface area (Å²) in [6.45, 7) is 3.90. The second-order valence-electron chi connectivity index (χ2n) is 4.36. The molecule has 7 nitrogen and oxygen atoms in total. The van der Waals surface area contributed by atoms with Gasteiger partial charge in [0.25, 0.3) is 0 Å². The predicted octanol–water partition coefficient (Wildman–Crippen LogP) is 0.795. The van der Waals surface area contributed by atoms with Crippen LogP contribution in [0, 0.1) is 0 Å². The average Bonchev–Trinajstić information content (AvgIpc) is 3.07. The van der Waals surface area contributed by atoms with E-state index in [9.17, 15) is 9.59 Å². The first-order valence-corrected chi connectivity index (χ1v) is 7.39. The highest BCUT2D eigenvalue weighted by atomic mass is 32.1. The van der Waals surface area contributed by atoms with Gasteiger partial charge in [0, 0.05) is 6.04 Å². The Hall–Kier alpha value is -1.96. The molecule has 8 heteroatoms. The highest BCUT2D eigenvalue weighted by Gasteiger charge is 2.14. The number of hydrogen-bond acceptors (Lipinski definition) is 5. The lowest BCUT2D eigenvalue weighted by molar-refractivity contribution is -0.122. The molecule has 0 fully saturated rings. The number of amides is 1. The molecule has 108 valence electrons. The number of nitrogens with one attached hydrogen (secondary N) is 1. The van der Waals surface area contributed by atoms with Crippen LogP contribution in [-0.2, 0) is 11.3 Å². The van der Waals surface area contributed by atoms with E-state index in [2.05, 4.69) is 15.7 Å². The molecule has 20 heavy (non-hydrogen) atoms. The number of aromatic nitrogens is 4. The van der Waals surface area contributed by atoms with Crippen LogP contribution < -0.4 is 11.0 Å². The number of nitrogens with zero attached hydrogens (tertiary/aromatic N) is 4. The van der Waals surface area contributed by atoms with Gasteiger partial charge >= 0.3 is 5.69 Å². The normalized spacial score (nSPS) is 10.9. The Balaban J connectivity index is 2.08. The van der Waals surface area contributed by atoms with E-state index in [4.69, 9.17) is 0 Å². The molecule has 0 unspecified atom stereocenters. The van der Waals surface area contributed by atoms with E-state index in [1.807, 2.05) is 25.3 Å². The Morgan fingerprint density at radius 2 is 2.15 bits per heavy atom. The lowest BCUT2D eigenvalue weighted by Gasteiger charge is -2.13. The Kier molecular flexibility index (Phi) is 4.67. The molecule has 1 N–H and O–H groups in total. The third-order valence-corrected chi connectivity index (χ3v) is 3.84. The molecule has 0 aliphatic heterocycles. The van der Waals surface area contributed by atoms with E-state index in [0.717, 1.165) is 17.5 Å². The van der Waals surface area contributed by atoms with Crippen LogP contribution in [-0.4, -0.2) is 31.7 Å². The maximum Gasteiger partial charge on any atom is 0.369 e. The molecule has 0 aliphatic carbocycles. The largest absolute Gasteiger partial charge is 0.369 e. The first-order valence-electron chi connectivity index (χ1n) is 6.51. The maximum atomic E-state index is 12.1. The van der Waals surface area contributed by atoms with Gasteiger partial charge in [0.2, 0.25) is 5.91 Å². The summed E-state index contributed by atoms with van der Waals surface area (Å²) in [6, 6.07) is 3.73. The molecular weight excluding hydrogens is 278 g/mol. The van der Waals surface area contributed by atoms with Crippen LogP contribution in [0.15, 0.2) is 22.3 Å². The van der Waals surface area contributed by atoms with E-state index < -0.39 is 5.69 Å². The minimum absolute atomic E-state index is 0.110. The molecule has 0 saturated carbocycles. The van der Waals surface area contributed by atoms with Gasteiger partial charge in [0.15, 0.2) is 0 Å². The Morgan fingerprint density at radius 1 is 1.40 bits per heavy atom. The summed E-state index contributed by atoms with van der Waals surface area (Å²) in [5.74, 6) is -0.223. The zero-order valence-corrected chi connectivity index (χ0v) is 12.3. The summed E-state index contributed by atoms with van der Waals surface area (Å²) in [6.07, 6.45) is 1.72. The number of tetrazole rings is 1. The van der Waals surface area contributed by atoms with Crippen molar-refractivity contribution < 1.29 is 4.79 Å². The number of hydrogen-bond donors (Lipinski definition) is 1. The molecule has 2 aromatic heterocycles. The smallest absolute Gasteiger partial charge is 0.352 e. The molecule has 0 aromatic carbocycles. The van der Waals surface area contributed by atoms with E-state index in [1.54, 1.807) is 6.07 Å². The summed E-state index contributed by atoms with van der Waals surface area (Å²) in [7, 11) is 0. The van der Waals surface area contributed by atoms with Crippen molar-refractivity contribution in [3.05, 3.63) is 28.0 Å². The fourth-order valence-electron chi connectivity index (χ4n) is 1.80. The molecule has 0 aliphatic rings. The maximum absolute atomic E-state index is 12.1. The van der Waals surface area contributed by atoms with Gasteiger partial charge < -0.3 is 5.32 Å². The second-order valence-corrected chi connectivity index (χ2v) is 5.29. The van der Waals surface area contributed by atoms with Crippen LogP contribution in [0.4, 0.5) is 0 Å². The van der Waals surface area contributed by atoms with Crippen molar-refractivity contribution in [2.24, 2.45) is 0 Å². The zero-order valence-electron chi connectivity index (χ0n) is 11.4. The van der Waals surface area contributed by atoms with Gasteiger partial charge in [-0.3, -0.25) is 4.79 Å². The van der Waals surface area contributed by atoms with Crippen molar-refractivity contribution in [3.8, 4) is 5.00 Å². The van der Waals surface area contributed by atoms with E-state index in [0.29, 0.717) is 5.00 Å². The lowest BCUT2D eigenvalue weighted by atomic mass is 10.2. The van der Waals surface area contributed by atoms with Crippen molar-refractivity contribution >= 4 is 17.2 Å². The minimum atomic E-state index is -0.410. The molecule has 1 amide bonds. The number of thiophene rings is 1. The SMILES string of the molecule is CCC(CC)NC(=O)Cn1nnn(-c2cccs2)c1=O. The zero-order chi connectivity index (χ0) is 14.5. The summed E-state index contributed by atoms with van der Waals surface area (Å²) in [5, 5.41) is 12.9. The van der Waals surface area contributed by atoms with Gasteiger partial charge in [-0.2, -0.15) is 9.36 Å². The van der Waals surface area contributed by atoms with Crippen molar-refractivity contribution in [3.63, 3.8) is 0 Å². The standard InChI is InChI=1S/C12H17N5O2S/c1-3-9(4-2)13-10(18)8-16-12(19)17(15-14-16)11-6-5-7-20-11/h5-7,9H,3-4,8H2,1-2H3,(H,13,18). The van der Waals surface area contributed by atoms with Crippen molar-refractivity contribution in [2.45, 2.75) is 39.3 Å². The fourth-order valence-corrected chi connectivity index (χ4v) is 2.47. The van der Waals surface area contributed by atoms with Crippen LogP contribution in [0.1, 0.15) is 26.7 Å². The topological polar surface area (TPSA) is 81.8 Å². The summed E-state index contributed by atoms with van der Waals surface area (Å²) in [5.41, 5.74) is -0.410. The Bertz CT molecular complexity index is 612. The van der Waals surface area contributed by atoms with Crippen molar-refractivity contribution in [2.75, 3.05) is 0 Å². The Morgan fingerprint density at radius 3 is 2.75 bits per heavy atom. The first-order chi connectivity index (χ1) is 9.65. The predicted molar refractivity (Wildman–Crippen MR) is 76.0 cm³/mol. The van der Waals surface area contributed by atoms with Gasteiger partial charge in [-0.1, -0.05) is 13.8 Å². The molecule has 2 heterocycles. The monoisotopic (exact) mass is 295 g/mol. The van der Waals surface area contributed by atoms with Gasteiger partial charge in [-0.15, -0.1) is 11.3 Å². The van der Waals surface area contributed by atoms with Crippen molar-refractivity contribution in [1.29, 1.82) is 0 Å². The highest BCUT2D eigenvalue weighted by molar-refractivity contribution is 7.12. The van der Waals surface area contributed by atoms with Crippen LogP contribution in [0.3, 0.4) is 0 Å². The summed E-state index contributed by atoms with van der Waals surface area (Å²) in [4.78, 5) is 23.9. The fraction of sp³-hybridized carbons (Fsp3) is 0.500. The third-order valence-electron chi connectivity index (χ3n) is 3.00. The quantitative estimate of drug-likeness (QED) is 0.854. The minimum Gasteiger partial charge on any atom is -0.352 e. The molecule has 0 spiro atoms. The third kappa shape index (κ3) is 3.13. The van der Waals surface area contributed by atoms with E-state index in [-0.39, 0.29) is 18.5 Å². The molecule has 0 atom stereocenters.